The van der Waals surface area contributed by atoms with E-state index in [-0.39, 0.29) is 22.3 Å². The molecule has 0 aliphatic heterocycles. The van der Waals surface area contributed by atoms with Gasteiger partial charge in [0.25, 0.3) is 17.5 Å². The summed E-state index contributed by atoms with van der Waals surface area (Å²) in [6.07, 6.45) is -1.20. The molecule has 0 saturated heterocycles. The molecule has 0 aromatic heterocycles. The first-order chi connectivity index (χ1) is 15.0. The van der Waals surface area contributed by atoms with Crippen molar-refractivity contribution in [1.29, 1.82) is 0 Å². The van der Waals surface area contributed by atoms with Crippen LogP contribution in [0.2, 0.25) is 5.02 Å². The number of nitro groups is 1. The van der Waals surface area contributed by atoms with Crippen molar-refractivity contribution in [3.63, 3.8) is 0 Å². The van der Waals surface area contributed by atoms with Crippen LogP contribution < -0.4 is 10.6 Å². The summed E-state index contributed by atoms with van der Waals surface area (Å²) in [5.74, 6) is -2.17. The van der Waals surface area contributed by atoms with Crippen LogP contribution in [0.5, 0.6) is 0 Å². The van der Waals surface area contributed by atoms with Gasteiger partial charge in [-0.05, 0) is 38.0 Å². The van der Waals surface area contributed by atoms with E-state index in [2.05, 4.69) is 10.6 Å². The molecular weight excluding hydrogens is 438 g/mol. The fourth-order valence-electron chi connectivity index (χ4n) is 2.68. The predicted octanol–water partition coefficient (Wildman–Crippen LogP) is 3.88. The second-order valence-electron chi connectivity index (χ2n) is 7.55. The van der Waals surface area contributed by atoms with Gasteiger partial charge in [-0.3, -0.25) is 19.7 Å². The summed E-state index contributed by atoms with van der Waals surface area (Å²) in [7, 11) is 0. The number of nitrogens with one attached hydrogen (secondary N) is 2. The molecule has 2 unspecified atom stereocenters. The van der Waals surface area contributed by atoms with E-state index < -0.39 is 34.9 Å². The SMILES string of the molecule is Cc1ccc(C(=O)NC(C(=O)OC(C)C(=O)Nc2ccc([N+](=O)[O-])cc2Cl)C(C)C)cc1. The third-order valence-electron chi connectivity index (χ3n) is 4.60. The molecule has 2 aromatic carbocycles. The van der Waals surface area contributed by atoms with Crippen molar-refractivity contribution in [1.82, 2.24) is 5.32 Å². The minimum absolute atomic E-state index is 0.0310. The number of hydrogen-bond donors (Lipinski definition) is 2. The van der Waals surface area contributed by atoms with Gasteiger partial charge in [0, 0.05) is 17.7 Å². The van der Waals surface area contributed by atoms with Gasteiger partial charge < -0.3 is 15.4 Å². The van der Waals surface area contributed by atoms with Crippen LogP contribution in [0.4, 0.5) is 11.4 Å². The molecule has 32 heavy (non-hydrogen) atoms. The highest BCUT2D eigenvalue weighted by Gasteiger charge is 2.29. The monoisotopic (exact) mass is 461 g/mol. The molecule has 10 heteroatoms. The Labute approximate surface area is 190 Å². The molecule has 170 valence electrons. The summed E-state index contributed by atoms with van der Waals surface area (Å²) in [4.78, 5) is 47.7. The summed E-state index contributed by atoms with van der Waals surface area (Å²) in [6, 6.07) is 9.47. The molecule has 0 aliphatic carbocycles. The standard InChI is InChI=1S/C22H24ClN3O6/c1-12(2)19(25-21(28)15-7-5-13(3)6-8-15)22(29)32-14(4)20(27)24-18-10-9-16(26(30)31)11-17(18)23/h5-12,14,19H,1-4H3,(H,24,27)(H,25,28). The van der Waals surface area contributed by atoms with Gasteiger partial charge in [-0.2, -0.15) is 0 Å². The molecule has 2 amide bonds. The Kier molecular flexibility index (Phi) is 8.31. The van der Waals surface area contributed by atoms with E-state index in [0.717, 1.165) is 11.6 Å². The minimum Gasteiger partial charge on any atom is -0.451 e. The van der Waals surface area contributed by atoms with Crippen molar-refractivity contribution in [3.8, 4) is 0 Å². The van der Waals surface area contributed by atoms with Crippen molar-refractivity contribution in [2.24, 2.45) is 5.92 Å². The van der Waals surface area contributed by atoms with Crippen LogP contribution in [0.15, 0.2) is 42.5 Å². The Morgan fingerprint density at radius 3 is 2.22 bits per heavy atom. The first kappa shape index (κ1) is 24.8. The van der Waals surface area contributed by atoms with Crippen LogP contribution >= 0.6 is 11.6 Å². The van der Waals surface area contributed by atoms with Crippen LogP contribution in [0.1, 0.15) is 36.7 Å². The minimum atomic E-state index is -1.20. The zero-order chi connectivity index (χ0) is 24.0. The van der Waals surface area contributed by atoms with Crippen molar-refractivity contribution < 1.29 is 24.0 Å². The second-order valence-corrected chi connectivity index (χ2v) is 7.96. The average Bonchev–Trinajstić information content (AvgIpc) is 2.73. The molecule has 0 saturated carbocycles. The van der Waals surface area contributed by atoms with Crippen LogP contribution in [0.25, 0.3) is 0 Å². The van der Waals surface area contributed by atoms with Gasteiger partial charge in [-0.25, -0.2) is 4.79 Å². The number of halogens is 1. The first-order valence-electron chi connectivity index (χ1n) is 9.82. The fourth-order valence-corrected chi connectivity index (χ4v) is 2.90. The lowest BCUT2D eigenvalue weighted by Gasteiger charge is -2.23. The third-order valence-corrected chi connectivity index (χ3v) is 4.92. The number of non-ortho nitro benzene ring substituents is 1. The Morgan fingerprint density at radius 1 is 1.06 bits per heavy atom. The largest absolute Gasteiger partial charge is 0.451 e. The van der Waals surface area contributed by atoms with Crippen molar-refractivity contribution >= 4 is 40.8 Å². The molecular formula is C22H24ClN3O6. The highest BCUT2D eigenvalue weighted by molar-refractivity contribution is 6.34. The van der Waals surface area contributed by atoms with Crippen LogP contribution in [-0.2, 0) is 14.3 Å². The average molecular weight is 462 g/mol. The van der Waals surface area contributed by atoms with E-state index in [9.17, 15) is 24.5 Å². The zero-order valence-electron chi connectivity index (χ0n) is 18.0. The number of benzene rings is 2. The Bertz CT molecular complexity index is 1020. The number of hydrogen-bond acceptors (Lipinski definition) is 6. The van der Waals surface area contributed by atoms with Gasteiger partial charge in [-0.1, -0.05) is 43.1 Å². The van der Waals surface area contributed by atoms with E-state index in [1.807, 2.05) is 6.92 Å². The summed E-state index contributed by atoms with van der Waals surface area (Å²) >= 11 is 5.97. The van der Waals surface area contributed by atoms with E-state index in [1.54, 1.807) is 38.1 Å². The lowest BCUT2D eigenvalue weighted by molar-refractivity contribution is -0.384. The lowest BCUT2D eigenvalue weighted by atomic mass is 10.0. The Morgan fingerprint density at radius 2 is 1.69 bits per heavy atom. The van der Waals surface area contributed by atoms with Crippen molar-refractivity contribution in [3.05, 3.63) is 68.7 Å². The normalized spacial score (nSPS) is 12.6. The number of nitro benzene ring substituents is 1. The van der Waals surface area contributed by atoms with Crippen molar-refractivity contribution in [2.75, 3.05) is 5.32 Å². The molecule has 0 aliphatic rings. The number of nitrogens with zero attached hydrogens (tertiary/aromatic N) is 1. The highest BCUT2D eigenvalue weighted by Crippen LogP contribution is 2.26. The number of amides is 2. The number of esters is 1. The van der Waals surface area contributed by atoms with Gasteiger partial charge in [0.1, 0.15) is 6.04 Å². The third kappa shape index (κ3) is 6.52. The summed E-state index contributed by atoms with van der Waals surface area (Å²) in [6.45, 7) is 6.74. The maximum absolute atomic E-state index is 12.6. The molecule has 0 spiro atoms. The molecule has 0 fully saturated rings. The number of carbonyl (C=O) groups excluding carboxylic acids is 3. The number of anilines is 1. The summed E-state index contributed by atoms with van der Waals surface area (Å²) in [5, 5.41) is 15.9. The molecule has 0 radical (unpaired) electrons. The van der Waals surface area contributed by atoms with Gasteiger partial charge in [0.15, 0.2) is 6.10 Å². The van der Waals surface area contributed by atoms with Crippen LogP contribution in [-0.4, -0.2) is 34.9 Å². The molecule has 2 aromatic rings. The van der Waals surface area contributed by atoms with Gasteiger partial charge in [-0.15, -0.1) is 0 Å². The van der Waals surface area contributed by atoms with Crippen LogP contribution in [0.3, 0.4) is 0 Å². The quantitative estimate of drug-likeness (QED) is 0.349. The van der Waals surface area contributed by atoms with Crippen molar-refractivity contribution in [2.45, 2.75) is 39.8 Å². The molecule has 2 rings (SSSR count). The topological polar surface area (TPSA) is 128 Å². The number of carbonyl (C=O) groups is 3. The zero-order valence-corrected chi connectivity index (χ0v) is 18.8. The maximum Gasteiger partial charge on any atom is 0.329 e. The lowest BCUT2D eigenvalue weighted by Crippen LogP contribution is -2.47. The second kappa shape index (κ2) is 10.7. The van der Waals surface area contributed by atoms with E-state index >= 15 is 0 Å². The van der Waals surface area contributed by atoms with Gasteiger partial charge in [0.05, 0.1) is 15.6 Å². The van der Waals surface area contributed by atoms with Gasteiger partial charge >= 0.3 is 5.97 Å². The predicted molar refractivity (Wildman–Crippen MR) is 120 cm³/mol. The van der Waals surface area contributed by atoms with Gasteiger partial charge in [0.2, 0.25) is 0 Å². The molecule has 2 atom stereocenters. The van der Waals surface area contributed by atoms with E-state index in [1.165, 1.54) is 19.1 Å². The summed E-state index contributed by atoms with van der Waals surface area (Å²) < 4.78 is 5.25. The molecule has 9 nitrogen and oxygen atoms in total. The van der Waals surface area contributed by atoms with E-state index in [0.29, 0.717) is 5.56 Å². The number of rotatable bonds is 8. The number of aryl methyl sites for hydroxylation is 1. The summed E-state index contributed by atoms with van der Waals surface area (Å²) in [5.41, 5.74) is 1.30. The Hall–Kier alpha value is -3.46. The van der Waals surface area contributed by atoms with E-state index in [4.69, 9.17) is 16.3 Å². The van der Waals surface area contributed by atoms with Crippen LogP contribution in [0, 0.1) is 23.0 Å². The first-order valence-corrected chi connectivity index (χ1v) is 10.2. The Balaban J connectivity index is 2.02. The fraction of sp³-hybridized carbons (Fsp3) is 0.318. The number of ether oxygens (including phenoxy) is 1. The molecule has 0 heterocycles. The maximum atomic E-state index is 12.6. The highest BCUT2D eigenvalue weighted by atomic mass is 35.5. The molecule has 2 N–H and O–H groups in total. The molecule has 0 bridgehead atoms. The smallest absolute Gasteiger partial charge is 0.329 e.